The summed E-state index contributed by atoms with van der Waals surface area (Å²) in [5.41, 5.74) is 1.82. The van der Waals surface area contributed by atoms with Crippen molar-refractivity contribution in [1.82, 2.24) is 0 Å². The van der Waals surface area contributed by atoms with Gasteiger partial charge in [0.25, 0.3) is 0 Å². The summed E-state index contributed by atoms with van der Waals surface area (Å²) in [7, 11) is 0. The van der Waals surface area contributed by atoms with E-state index < -0.39 is 0 Å². The average Bonchev–Trinajstić information content (AvgIpc) is 2.35. The highest BCUT2D eigenvalue weighted by Crippen LogP contribution is 2.19. The van der Waals surface area contributed by atoms with Gasteiger partial charge in [-0.05, 0) is 29.2 Å². The molecule has 0 saturated heterocycles. The van der Waals surface area contributed by atoms with Crippen LogP contribution in [0.2, 0.25) is 0 Å². The quantitative estimate of drug-likeness (QED) is 0.714. The first-order valence-electron chi connectivity index (χ1n) is 5.38. The number of benzene rings is 2. The van der Waals surface area contributed by atoms with Crippen LogP contribution in [0.5, 0.6) is 0 Å². The Bertz CT molecular complexity index is 505. The Hall–Kier alpha value is -1.70. The van der Waals surface area contributed by atoms with Crippen molar-refractivity contribution < 1.29 is 9.18 Å². The van der Waals surface area contributed by atoms with Gasteiger partial charge in [0, 0.05) is 5.56 Å². The Morgan fingerprint density at radius 1 is 1.19 bits per heavy atom. The third-order valence-corrected chi connectivity index (χ3v) is 2.70. The molecule has 0 amide bonds. The molecule has 2 rings (SSSR count). The number of carbonyl (C=O) groups excluding carboxylic acids is 1. The lowest BCUT2D eigenvalue weighted by Gasteiger charge is -2.04. The molecular formula is C14H13FO. The van der Waals surface area contributed by atoms with Crippen LogP contribution >= 0.6 is 0 Å². The lowest BCUT2D eigenvalue weighted by atomic mass is 10.0. The predicted molar refractivity (Wildman–Crippen MR) is 63.6 cm³/mol. The second-order valence-electron chi connectivity index (χ2n) is 3.81. The first kappa shape index (κ1) is 10.8. The molecule has 0 radical (unpaired) electrons. The van der Waals surface area contributed by atoms with Gasteiger partial charge in [-0.1, -0.05) is 36.4 Å². The minimum absolute atomic E-state index is 0.285. The fourth-order valence-corrected chi connectivity index (χ4v) is 1.89. The second-order valence-corrected chi connectivity index (χ2v) is 3.81. The first-order chi connectivity index (χ1) is 7.85. The lowest BCUT2D eigenvalue weighted by molar-refractivity contribution is 0.112. The lowest BCUT2D eigenvalue weighted by Crippen LogP contribution is -1.88. The van der Waals surface area contributed by atoms with Crippen molar-refractivity contribution in [2.24, 2.45) is 0 Å². The smallest absolute Gasteiger partial charge is 0.150 e. The Morgan fingerprint density at radius 2 is 2.06 bits per heavy atom. The Morgan fingerprint density at radius 3 is 2.81 bits per heavy atom. The zero-order valence-corrected chi connectivity index (χ0v) is 8.95. The number of aryl methyl sites for hydroxylation is 1. The van der Waals surface area contributed by atoms with Gasteiger partial charge in [0.1, 0.15) is 0 Å². The SMILES string of the molecule is O=Cc1cccc2cc(CCCF)ccc12. The molecule has 0 aliphatic rings. The molecule has 0 atom stereocenters. The summed E-state index contributed by atoms with van der Waals surface area (Å²) in [6.45, 7) is -0.285. The van der Waals surface area contributed by atoms with Crippen LogP contribution in [0, 0.1) is 0 Å². The number of halogens is 1. The Kier molecular flexibility index (Phi) is 3.30. The van der Waals surface area contributed by atoms with Crippen molar-refractivity contribution in [2.45, 2.75) is 12.8 Å². The number of alkyl halides is 1. The average molecular weight is 216 g/mol. The van der Waals surface area contributed by atoms with Crippen LogP contribution < -0.4 is 0 Å². The zero-order valence-electron chi connectivity index (χ0n) is 8.95. The van der Waals surface area contributed by atoms with Gasteiger partial charge in [0.2, 0.25) is 0 Å². The summed E-state index contributed by atoms with van der Waals surface area (Å²) in [5.74, 6) is 0. The highest BCUT2D eigenvalue weighted by molar-refractivity contribution is 5.98. The summed E-state index contributed by atoms with van der Waals surface area (Å²) in [6.07, 6.45) is 2.17. The minimum atomic E-state index is -0.285. The van der Waals surface area contributed by atoms with Crippen LogP contribution in [0.15, 0.2) is 36.4 Å². The molecule has 0 fully saturated rings. The fourth-order valence-electron chi connectivity index (χ4n) is 1.89. The maximum atomic E-state index is 12.1. The van der Waals surface area contributed by atoms with Crippen molar-refractivity contribution >= 4 is 17.1 Å². The van der Waals surface area contributed by atoms with Gasteiger partial charge in [-0.25, -0.2) is 0 Å². The van der Waals surface area contributed by atoms with Crippen molar-refractivity contribution in [3.8, 4) is 0 Å². The van der Waals surface area contributed by atoms with E-state index in [1.807, 2.05) is 30.3 Å². The predicted octanol–water partition coefficient (Wildman–Crippen LogP) is 3.55. The van der Waals surface area contributed by atoms with Gasteiger partial charge in [-0.2, -0.15) is 0 Å². The van der Waals surface area contributed by atoms with E-state index in [1.165, 1.54) is 0 Å². The normalized spacial score (nSPS) is 10.6. The van der Waals surface area contributed by atoms with Gasteiger partial charge >= 0.3 is 0 Å². The van der Waals surface area contributed by atoms with E-state index in [0.29, 0.717) is 12.0 Å². The Balaban J connectivity index is 2.43. The standard InChI is InChI=1S/C14H13FO/c15-8-2-3-11-6-7-14-12(9-11)4-1-5-13(14)10-16/h1,4-7,9-10H,2-3,8H2. The van der Waals surface area contributed by atoms with E-state index in [2.05, 4.69) is 0 Å². The van der Waals surface area contributed by atoms with E-state index in [9.17, 15) is 9.18 Å². The molecule has 0 spiro atoms. The van der Waals surface area contributed by atoms with E-state index in [4.69, 9.17) is 0 Å². The maximum absolute atomic E-state index is 12.1. The molecule has 2 aromatic rings. The van der Waals surface area contributed by atoms with Crippen molar-refractivity contribution in [3.63, 3.8) is 0 Å². The van der Waals surface area contributed by atoms with Gasteiger partial charge in [0.05, 0.1) is 6.67 Å². The first-order valence-corrected chi connectivity index (χ1v) is 5.38. The van der Waals surface area contributed by atoms with Crippen LogP contribution in [0.1, 0.15) is 22.3 Å². The molecule has 0 aliphatic carbocycles. The summed E-state index contributed by atoms with van der Waals surface area (Å²) in [4.78, 5) is 10.8. The van der Waals surface area contributed by atoms with Crippen LogP contribution in [0.25, 0.3) is 10.8 Å². The van der Waals surface area contributed by atoms with Crippen LogP contribution in [-0.2, 0) is 6.42 Å². The highest BCUT2D eigenvalue weighted by Gasteiger charge is 2.01. The zero-order chi connectivity index (χ0) is 11.4. The topological polar surface area (TPSA) is 17.1 Å². The summed E-state index contributed by atoms with van der Waals surface area (Å²) >= 11 is 0. The Labute approximate surface area is 93.9 Å². The largest absolute Gasteiger partial charge is 0.298 e. The molecule has 0 aromatic heterocycles. The molecule has 0 heterocycles. The molecule has 82 valence electrons. The van der Waals surface area contributed by atoms with Crippen molar-refractivity contribution in [3.05, 3.63) is 47.5 Å². The number of carbonyl (C=O) groups is 1. The molecule has 0 bridgehead atoms. The van der Waals surface area contributed by atoms with E-state index in [1.54, 1.807) is 6.07 Å². The van der Waals surface area contributed by atoms with Crippen molar-refractivity contribution in [1.29, 1.82) is 0 Å². The molecule has 1 nitrogen and oxygen atoms in total. The monoisotopic (exact) mass is 216 g/mol. The number of hydrogen-bond acceptors (Lipinski definition) is 1. The number of hydrogen-bond donors (Lipinski definition) is 0. The summed E-state index contributed by atoms with van der Waals surface area (Å²) < 4.78 is 12.1. The molecule has 2 heteroatoms. The molecule has 0 N–H and O–H groups in total. The van der Waals surface area contributed by atoms with Crippen LogP contribution in [0.3, 0.4) is 0 Å². The van der Waals surface area contributed by atoms with Gasteiger partial charge in [-0.3, -0.25) is 9.18 Å². The van der Waals surface area contributed by atoms with E-state index in [0.717, 1.165) is 29.0 Å². The number of rotatable bonds is 4. The number of aldehydes is 1. The third kappa shape index (κ3) is 2.11. The van der Waals surface area contributed by atoms with Gasteiger partial charge < -0.3 is 0 Å². The van der Waals surface area contributed by atoms with E-state index in [-0.39, 0.29) is 6.67 Å². The van der Waals surface area contributed by atoms with Gasteiger partial charge in [-0.15, -0.1) is 0 Å². The molecule has 16 heavy (non-hydrogen) atoms. The molecular weight excluding hydrogens is 203 g/mol. The molecule has 2 aromatic carbocycles. The number of fused-ring (bicyclic) bond motifs is 1. The fraction of sp³-hybridized carbons (Fsp3) is 0.214. The van der Waals surface area contributed by atoms with Crippen LogP contribution in [-0.4, -0.2) is 13.0 Å². The minimum Gasteiger partial charge on any atom is -0.298 e. The van der Waals surface area contributed by atoms with Gasteiger partial charge in [0.15, 0.2) is 6.29 Å². The summed E-state index contributed by atoms with van der Waals surface area (Å²) in [6, 6.07) is 11.6. The second kappa shape index (κ2) is 4.88. The van der Waals surface area contributed by atoms with E-state index >= 15 is 0 Å². The molecule has 0 aliphatic heterocycles. The molecule has 0 saturated carbocycles. The maximum Gasteiger partial charge on any atom is 0.150 e. The molecule has 0 unspecified atom stereocenters. The summed E-state index contributed by atoms with van der Waals surface area (Å²) in [5, 5.41) is 2.00. The van der Waals surface area contributed by atoms with Crippen LogP contribution in [0.4, 0.5) is 4.39 Å². The van der Waals surface area contributed by atoms with Crippen molar-refractivity contribution in [2.75, 3.05) is 6.67 Å². The highest BCUT2D eigenvalue weighted by atomic mass is 19.1. The third-order valence-electron chi connectivity index (χ3n) is 2.70.